The standard InChI is InChI=1S/C14H21NO/c1-12-3-7-14(16-2,8-4-12)11-13-5-9-15-10-6-13/h5-6,9-10,12H,3-4,7-8,11H2,1-2H3. The molecule has 2 rings (SSSR count). The number of hydrogen-bond acceptors (Lipinski definition) is 2. The number of nitrogens with zero attached hydrogens (tertiary/aromatic N) is 1. The van der Waals surface area contributed by atoms with Gasteiger partial charge in [0.05, 0.1) is 5.60 Å². The number of methoxy groups -OCH3 is 1. The Morgan fingerprint density at radius 3 is 2.50 bits per heavy atom. The van der Waals surface area contributed by atoms with Gasteiger partial charge in [-0.25, -0.2) is 0 Å². The summed E-state index contributed by atoms with van der Waals surface area (Å²) in [5.41, 5.74) is 1.42. The van der Waals surface area contributed by atoms with E-state index in [1.165, 1.54) is 31.2 Å². The van der Waals surface area contributed by atoms with Crippen molar-refractivity contribution < 1.29 is 4.74 Å². The molecule has 0 saturated heterocycles. The average molecular weight is 219 g/mol. The fraction of sp³-hybridized carbons (Fsp3) is 0.643. The molecule has 2 heteroatoms. The van der Waals surface area contributed by atoms with Crippen LogP contribution in [0.25, 0.3) is 0 Å². The maximum atomic E-state index is 5.81. The van der Waals surface area contributed by atoms with Crippen LogP contribution in [0, 0.1) is 5.92 Å². The third-order valence-corrected chi connectivity index (χ3v) is 3.89. The van der Waals surface area contributed by atoms with Gasteiger partial charge in [-0.2, -0.15) is 0 Å². The van der Waals surface area contributed by atoms with E-state index in [-0.39, 0.29) is 5.60 Å². The third kappa shape index (κ3) is 2.62. The Balaban J connectivity index is 2.05. The lowest BCUT2D eigenvalue weighted by Gasteiger charge is -2.38. The summed E-state index contributed by atoms with van der Waals surface area (Å²) in [6, 6.07) is 4.19. The molecular formula is C14H21NO. The topological polar surface area (TPSA) is 22.1 Å². The quantitative estimate of drug-likeness (QED) is 0.778. The van der Waals surface area contributed by atoms with Crippen molar-refractivity contribution >= 4 is 0 Å². The molecular weight excluding hydrogens is 198 g/mol. The maximum absolute atomic E-state index is 5.81. The molecule has 0 spiro atoms. The van der Waals surface area contributed by atoms with Crippen LogP contribution in [0.15, 0.2) is 24.5 Å². The maximum Gasteiger partial charge on any atom is 0.0719 e. The zero-order valence-electron chi connectivity index (χ0n) is 10.3. The molecule has 1 heterocycles. The van der Waals surface area contributed by atoms with Crippen molar-refractivity contribution in [3.63, 3.8) is 0 Å². The lowest BCUT2D eigenvalue weighted by molar-refractivity contribution is -0.0469. The molecule has 16 heavy (non-hydrogen) atoms. The fourth-order valence-corrected chi connectivity index (χ4v) is 2.61. The predicted octanol–water partition coefficient (Wildman–Crippen LogP) is 3.22. The van der Waals surface area contributed by atoms with Gasteiger partial charge in [-0.1, -0.05) is 6.92 Å². The van der Waals surface area contributed by atoms with E-state index >= 15 is 0 Å². The molecule has 1 fully saturated rings. The largest absolute Gasteiger partial charge is 0.378 e. The van der Waals surface area contributed by atoms with E-state index in [0.717, 1.165) is 12.3 Å². The summed E-state index contributed by atoms with van der Waals surface area (Å²) in [6.45, 7) is 2.34. The van der Waals surface area contributed by atoms with E-state index in [4.69, 9.17) is 4.74 Å². The minimum atomic E-state index is 0.0772. The Hall–Kier alpha value is -0.890. The molecule has 88 valence electrons. The summed E-state index contributed by atoms with van der Waals surface area (Å²) in [5.74, 6) is 0.862. The minimum absolute atomic E-state index is 0.0772. The van der Waals surface area contributed by atoms with E-state index < -0.39 is 0 Å². The van der Waals surface area contributed by atoms with Crippen LogP contribution in [0.3, 0.4) is 0 Å². The molecule has 2 nitrogen and oxygen atoms in total. The highest BCUT2D eigenvalue weighted by molar-refractivity contribution is 5.13. The monoisotopic (exact) mass is 219 g/mol. The van der Waals surface area contributed by atoms with Gasteiger partial charge in [0, 0.05) is 25.9 Å². The number of aromatic nitrogens is 1. The van der Waals surface area contributed by atoms with Gasteiger partial charge in [0.25, 0.3) is 0 Å². The number of pyridine rings is 1. The Labute approximate surface area is 98.0 Å². The molecule has 0 amide bonds. The second kappa shape index (κ2) is 4.96. The van der Waals surface area contributed by atoms with Gasteiger partial charge in [-0.3, -0.25) is 4.98 Å². The summed E-state index contributed by atoms with van der Waals surface area (Å²) >= 11 is 0. The van der Waals surface area contributed by atoms with Crippen LogP contribution in [0.2, 0.25) is 0 Å². The van der Waals surface area contributed by atoms with Crippen molar-refractivity contribution in [1.82, 2.24) is 4.98 Å². The van der Waals surface area contributed by atoms with Crippen LogP contribution < -0.4 is 0 Å². The van der Waals surface area contributed by atoms with Gasteiger partial charge < -0.3 is 4.74 Å². The van der Waals surface area contributed by atoms with Crippen LogP contribution in [0.1, 0.15) is 38.2 Å². The van der Waals surface area contributed by atoms with Crippen LogP contribution in [-0.4, -0.2) is 17.7 Å². The normalized spacial score (nSPS) is 30.2. The van der Waals surface area contributed by atoms with E-state index in [1.807, 2.05) is 19.5 Å². The third-order valence-electron chi connectivity index (χ3n) is 3.89. The first-order valence-electron chi connectivity index (χ1n) is 6.18. The second-order valence-electron chi connectivity index (χ2n) is 5.10. The highest BCUT2D eigenvalue weighted by atomic mass is 16.5. The summed E-state index contributed by atoms with van der Waals surface area (Å²) in [6.07, 6.45) is 9.71. The highest BCUT2D eigenvalue weighted by Crippen LogP contribution is 2.36. The predicted molar refractivity (Wildman–Crippen MR) is 65.3 cm³/mol. The van der Waals surface area contributed by atoms with Crippen LogP contribution in [0.4, 0.5) is 0 Å². The minimum Gasteiger partial charge on any atom is -0.378 e. The molecule has 0 bridgehead atoms. The molecule has 0 unspecified atom stereocenters. The first-order chi connectivity index (χ1) is 7.74. The molecule has 0 N–H and O–H groups in total. The van der Waals surface area contributed by atoms with Gasteiger partial charge in [0.2, 0.25) is 0 Å². The van der Waals surface area contributed by atoms with E-state index in [1.54, 1.807) is 0 Å². The molecule has 0 aliphatic heterocycles. The molecule has 1 aromatic rings. The van der Waals surface area contributed by atoms with Crippen molar-refractivity contribution in [2.45, 2.75) is 44.6 Å². The van der Waals surface area contributed by atoms with E-state index in [0.29, 0.717) is 0 Å². The molecule has 1 aliphatic carbocycles. The second-order valence-corrected chi connectivity index (χ2v) is 5.10. The summed E-state index contributed by atoms with van der Waals surface area (Å²) in [7, 11) is 1.86. The molecule has 1 aromatic heterocycles. The van der Waals surface area contributed by atoms with Gasteiger partial charge in [-0.15, -0.1) is 0 Å². The Morgan fingerprint density at radius 1 is 1.31 bits per heavy atom. The lowest BCUT2D eigenvalue weighted by atomic mass is 9.76. The first kappa shape index (κ1) is 11.6. The van der Waals surface area contributed by atoms with Gasteiger partial charge >= 0.3 is 0 Å². The van der Waals surface area contributed by atoms with Crippen LogP contribution in [0.5, 0.6) is 0 Å². The molecule has 1 aliphatic rings. The summed E-state index contributed by atoms with van der Waals surface area (Å²) in [4.78, 5) is 4.06. The highest BCUT2D eigenvalue weighted by Gasteiger charge is 2.34. The molecule has 0 aromatic carbocycles. The number of ether oxygens (including phenoxy) is 1. The fourth-order valence-electron chi connectivity index (χ4n) is 2.61. The Morgan fingerprint density at radius 2 is 1.94 bits per heavy atom. The SMILES string of the molecule is COC1(Cc2ccncc2)CCC(C)CC1. The van der Waals surface area contributed by atoms with Crippen molar-refractivity contribution in [3.8, 4) is 0 Å². The summed E-state index contributed by atoms with van der Waals surface area (Å²) < 4.78 is 5.81. The van der Waals surface area contributed by atoms with Crippen LogP contribution in [-0.2, 0) is 11.2 Å². The van der Waals surface area contributed by atoms with Gasteiger partial charge in [0.1, 0.15) is 0 Å². The van der Waals surface area contributed by atoms with Crippen molar-refractivity contribution in [2.75, 3.05) is 7.11 Å². The zero-order valence-corrected chi connectivity index (χ0v) is 10.3. The lowest BCUT2D eigenvalue weighted by Crippen LogP contribution is -2.38. The van der Waals surface area contributed by atoms with Crippen molar-refractivity contribution in [1.29, 1.82) is 0 Å². The summed E-state index contributed by atoms with van der Waals surface area (Å²) in [5, 5.41) is 0. The Bertz CT molecular complexity index is 315. The van der Waals surface area contributed by atoms with E-state index in [9.17, 15) is 0 Å². The zero-order chi connectivity index (χ0) is 11.4. The van der Waals surface area contributed by atoms with Gasteiger partial charge in [-0.05, 0) is 49.3 Å². The number of rotatable bonds is 3. The molecule has 1 saturated carbocycles. The van der Waals surface area contributed by atoms with Crippen LogP contribution >= 0.6 is 0 Å². The van der Waals surface area contributed by atoms with Gasteiger partial charge in [0.15, 0.2) is 0 Å². The molecule has 0 atom stereocenters. The molecule has 0 radical (unpaired) electrons. The first-order valence-corrected chi connectivity index (χ1v) is 6.18. The number of hydrogen-bond donors (Lipinski definition) is 0. The van der Waals surface area contributed by atoms with E-state index in [2.05, 4.69) is 24.0 Å². The average Bonchev–Trinajstić information content (AvgIpc) is 2.34. The Kier molecular flexibility index (Phi) is 3.59. The van der Waals surface area contributed by atoms with Crippen molar-refractivity contribution in [3.05, 3.63) is 30.1 Å². The smallest absolute Gasteiger partial charge is 0.0719 e. The van der Waals surface area contributed by atoms with Crippen molar-refractivity contribution in [2.24, 2.45) is 5.92 Å².